The van der Waals surface area contributed by atoms with Crippen LogP contribution >= 0.6 is 23.2 Å². The fourth-order valence-corrected chi connectivity index (χ4v) is 2.26. The predicted octanol–water partition coefficient (Wildman–Crippen LogP) is 3.94. The van der Waals surface area contributed by atoms with E-state index in [4.69, 9.17) is 28.5 Å². The molecule has 6 heteroatoms. The zero-order valence-corrected chi connectivity index (χ0v) is 13.2. The number of carbonyl (C=O) groups excluding carboxylic acids is 1. The molecule has 0 bridgehead atoms. The maximum absolute atomic E-state index is 12.6. The van der Waals surface area contributed by atoms with Crippen molar-refractivity contribution in [1.29, 1.82) is 5.26 Å². The Balaban J connectivity index is 2.22. The van der Waals surface area contributed by atoms with Crippen molar-refractivity contribution in [2.75, 3.05) is 6.54 Å². The summed E-state index contributed by atoms with van der Waals surface area (Å²) in [6.07, 6.45) is 3.62. The second-order valence-electron chi connectivity index (χ2n) is 4.62. The van der Waals surface area contributed by atoms with Crippen LogP contribution < -0.4 is 0 Å². The molecule has 0 saturated carbocycles. The number of amides is 1. The molecule has 0 aliphatic carbocycles. The minimum atomic E-state index is -0.197. The van der Waals surface area contributed by atoms with Gasteiger partial charge in [0.15, 0.2) is 0 Å². The summed E-state index contributed by atoms with van der Waals surface area (Å²) in [6.45, 7) is 0.721. The molecule has 0 radical (unpaired) electrons. The van der Waals surface area contributed by atoms with Crippen LogP contribution in [0.2, 0.25) is 10.0 Å². The van der Waals surface area contributed by atoms with Crippen LogP contribution in [0, 0.1) is 11.3 Å². The third kappa shape index (κ3) is 4.20. The second kappa shape index (κ2) is 7.79. The largest absolute Gasteiger partial charge is 0.333 e. The molecule has 2 rings (SSSR count). The van der Waals surface area contributed by atoms with Crippen molar-refractivity contribution in [2.45, 2.75) is 13.0 Å². The topological polar surface area (TPSA) is 57.0 Å². The van der Waals surface area contributed by atoms with Crippen LogP contribution in [0.25, 0.3) is 0 Å². The first-order valence-corrected chi connectivity index (χ1v) is 7.37. The smallest absolute Gasteiger partial charge is 0.254 e. The molecule has 0 N–H and O–H groups in total. The number of pyridine rings is 1. The van der Waals surface area contributed by atoms with Gasteiger partial charge in [-0.25, -0.2) is 0 Å². The molecule has 1 heterocycles. The van der Waals surface area contributed by atoms with E-state index in [1.165, 1.54) is 6.07 Å². The molecule has 112 valence electrons. The quantitative estimate of drug-likeness (QED) is 0.832. The summed E-state index contributed by atoms with van der Waals surface area (Å²) in [5.74, 6) is -0.197. The fourth-order valence-electron chi connectivity index (χ4n) is 1.96. The van der Waals surface area contributed by atoms with Gasteiger partial charge in [-0.2, -0.15) is 5.26 Å². The SMILES string of the molecule is N#CCCN(Cc1cccnc1)C(=O)c1ccc(Cl)c(Cl)c1. The normalized spacial score (nSPS) is 10.0. The molecule has 1 aromatic carbocycles. The second-order valence-corrected chi connectivity index (χ2v) is 5.44. The summed E-state index contributed by atoms with van der Waals surface area (Å²) in [5, 5.41) is 9.50. The van der Waals surface area contributed by atoms with Gasteiger partial charge in [0, 0.05) is 31.0 Å². The van der Waals surface area contributed by atoms with Crippen LogP contribution in [-0.4, -0.2) is 22.3 Å². The van der Waals surface area contributed by atoms with Crippen molar-refractivity contribution >= 4 is 29.1 Å². The highest BCUT2D eigenvalue weighted by Crippen LogP contribution is 2.23. The van der Waals surface area contributed by atoms with Gasteiger partial charge in [-0.05, 0) is 29.8 Å². The van der Waals surface area contributed by atoms with E-state index in [1.54, 1.807) is 35.5 Å². The third-order valence-corrected chi connectivity index (χ3v) is 3.78. The van der Waals surface area contributed by atoms with Crippen LogP contribution in [0.4, 0.5) is 0 Å². The molecule has 0 saturated heterocycles. The van der Waals surface area contributed by atoms with Gasteiger partial charge in [-0.3, -0.25) is 9.78 Å². The molecular formula is C16H13Cl2N3O. The van der Waals surface area contributed by atoms with E-state index in [0.29, 0.717) is 28.7 Å². The van der Waals surface area contributed by atoms with Gasteiger partial charge in [-0.15, -0.1) is 0 Å². The number of rotatable bonds is 5. The monoisotopic (exact) mass is 333 g/mol. The van der Waals surface area contributed by atoms with Crippen molar-refractivity contribution in [3.63, 3.8) is 0 Å². The van der Waals surface area contributed by atoms with Crippen molar-refractivity contribution in [3.8, 4) is 6.07 Å². The van der Waals surface area contributed by atoms with Crippen molar-refractivity contribution in [1.82, 2.24) is 9.88 Å². The van der Waals surface area contributed by atoms with Crippen LogP contribution in [0.1, 0.15) is 22.3 Å². The van der Waals surface area contributed by atoms with Crippen molar-refractivity contribution in [3.05, 3.63) is 63.9 Å². The summed E-state index contributed by atoms with van der Waals surface area (Å²) in [6, 6.07) is 10.5. The van der Waals surface area contributed by atoms with E-state index in [9.17, 15) is 4.79 Å². The molecule has 1 aromatic heterocycles. The first-order chi connectivity index (χ1) is 10.6. The van der Waals surface area contributed by atoms with Crippen molar-refractivity contribution in [2.24, 2.45) is 0 Å². The standard InChI is InChI=1S/C16H13Cl2N3O/c17-14-5-4-13(9-15(14)18)16(22)21(8-2-6-19)11-12-3-1-7-20-10-12/h1,3-5,7,9-10H,2,8,11H2. The summed E-state index contributed by atoms with van der Waals surface area (Å²) >= 11 is 11.8. The van der Waals surface area contributed by atoms with Crippen LogP contribution in [0.5, 0.6) is 0 Å². The number of benzene rings is 1. The Hall–Kier alpha value is -2.09. The maximum atomic E-state index is 12.6. The molecule has 0 aliphatic heterocycles. The molecular weight excluding hydrogens is 321 g/mol. The number of halogens is 2. The number of hydrogen-bond donors (Lipinski definition) is 0. The molecule has 0 atom stereocenters. The van der Waals surface area contributed by atoms with Crippen LogP contribution in [-0.2, 0) is 6.54 Å². The summed E-state index contributed by atoms with van der Waals surface area (Å²) < 4.78 is 0. The van der Waals surface area contributed by atoms with E-state index in [0.717, 1.165) is 5.56 Å². The minimum Gasteiger partial charge on any atom is -0.333 e. The van der Waals surface area contributed by atoms with Gasteiger partial charge >= 0.3 is 0 Å². The predicted molar refractivity (Wildman–Crippen MR) is 85.7 cm³/mol. The zero-order valence-electron chi connectivity index (χ0n) is 11.7. The number of nitriles is 1. The van der Waals surface area contributed by atoms with Gasteiger partial charge in [0.1, 0.15) is 0 Å². The molecule has 0 fully saturated rings. The first-order valence-electron chi connectivity index (χ1n) is 6.62. The minimum absolute atomic E-state index is 0.197. The maximum Gasteiger partial charge on any atom is 0.254 e. The average Bonchev–Trinajstić information content (AvgIpc) is 2.54. The summed E-state index contributed by atoms with van der Waals surface area (Å²) in [5.41, 5.74) is 1.34. The number of aromatic nitrogens is 1. The summed E-state index contributed by atoms with van der Waals surface area (Å²) in [4.78, 5) is 18.2. The Labute approximate surface area is 138 Å². The van der Waals surface area contributed by atoms with E-state index < -0.39 is 0 Å². The molecule has 1 amide bonds. The molecule has 4 nitrogen and oxygen atoms in total. The average molecular weight is 334 g/mol. The van der Waals surface area contributed by atoms with Crippen LogP contribution in [0.15, 0.2) is 42.7 Å². The van der Waals surface area contributed by atoms with E-state index in [1.807, 2.05) is 6.07 Å². The van der Waals surface area contributed by atoms with Crippen molar-refractivity contribution < 1.29 is 4.79 Å². The Bertz CT molecular complexity index is 698. The first kappa shape index (κ1) is 16.3. The van der Waals surface area contributed by atoms with E-state index in [2.05, 4.69) is 11.1 Å². The third-order valence-electron chi connectivity index (χ3n) is 3.04. The van der Waals surface area contributed by atoms with Crippen LogP contribution in [0.3, 0.4) is 0 Å². The van der Waals surface area contributed by atoms with Gasteiger partial charge in [-0.1, -0.05) is 29.3 Å². The number of hydrogen-bond acceptors (Lipinski definition) is 3. The molecule has 2 aromatic rings. The van der Waals surface area contributed by atoms with Gasteiger partial charge in [0.05, 0.1) is 22.5 Å². The van der Waals surface area contributed by atoms with Gasteiger partial charge in [0.25, 0.3) is 5.91 Å². The lowest BCUT2D eigenvalue weighted by molar-refractivity contribution is 0.0747. The highest BCUT2D eigenvalue weighted by atomic mass is 35.5. The summed E-state index contributed by atoms with van der Waals surface area (Å²) in [7, 11) is 0. The fraction of sp³-hybridized carbons (Fsp3) is 0.188. The highest BCUT2D eigenvalue weighted by Gasteiger charge is 2.17. The Morgan fingerprint density at radius 2 is 2.09 bits per heavy atom. The Kier molecular flexibility index (Phi) is 5.76. The molecule has 22 heavy (non-hydrogen) atoms. The Morgan fingerprint density at radius 3 is 2.73 bits per heavy atom. The van der Waals surface area contributed by atoms with E-state index in [-0.39, 0.29) is 12.3 Å². The Morgan fingerprint density at radius 1 is 1.27 bits per heavy atom. The van der Waals surface area contributed by atoms with Gasteiger partial charge in [0.2, 0.25) is 0 Å². The molecule has 0 spiro atoms. The number of nitrogens with zero attached hydrogens (tertiary/aromatic N) is 3. The number of carbonyl (C=O) groups is 1. The lowest BCUT2D eigenvalue weighted by Crippen LogP contribution is -2.31. The lowest BCUT2D eigenvalue weighted by Gasteiger charge is -2.22. The highest BCUT2D eigenvalue weighted by molar-refractivity contribution is 6.42. The molecule has 0 unspecified atom stereocenters. The lowest BCUT2D eigenvalue weighted by atomic mass is 10.1. The van der Waals surface area contributed by atoms with Gasteiger partial charge < -0.3 is 4.90 Å². The zero-order chi connectivity index (χ0) is 15.9. The molecule has 0 aliphatic rings. The van der Waals surface area contributed by atoms with E-state index >= 15 is 0 Å².